The van der Waals surface area contributed by atoms with E-state index in [1.807, 2.05) is 19.9 Å². The van der Waals surface area contributed by atoms with E-state index in [0.717, 1.165) is 17.1 Å². The summed E-state index contributed by atoms with van der Waals surface area (Å²) in [7, 11) is 2.95. The number of carbonyl (C=O) groups excluding carboxylic acids is 2. The van der Waals surface area contributed by atoms with Gasteiger partial charge in [0.15, 0.2) is 16.7 Å². The normalized spacial score (nSPS) is 18.9. The second-order valence-corrected chi connectivity index (χ2v) is 7.50. The first-order valence-electron chi connectivity index (χ1n) is 9.76. The van der Waals surface area contributed by atoms with E-state index in [1.165, 1.54) is 7.11 Å². The van der Waals surface area contributed by atoms with Crippen LogP contribution in [0.3, 0.4) is 0 Å². The molecule has 10 heteroatoms. The van der Waals surface area contributed by atoms with Crippen LogP contribution in [-0.4, -0.2) is 66.3 Å². The zero-order valence-corrected chi connectivity index (χ0v) is 18.2. The van der Waals surface area contributed by atoms with Crippen LogP contribution in [0.1, 0.15) is 45.8 Å². The van der Waals surface area contributed by atoms with Gasteiger partial charge in [0.05, 0.1) is 24.9 Å². The van der Waals surface area contributed by atoms with Crippen LogP contribution in [0.5, 0.6) is 0 Å². The number of esters is 1. The second-order valence-electron chi connectivity index (χ2n) is 7.14. The van der Waals surface area contributed by atoms with E-state index >= 15 is 0 Å². The van der Waals surface area contributed by atoms with Gasteiger partial charge in [-0.2, -0.15) is 0 Å². The minimum absolute atomic E-state index is 0.185. The molecule has 3 heterocycles. The van der Waals surface area contributed by atoms with E-state index in [1.54, 1.807) is 13.2 Å². The molecule has 2 N–H and O–H groups in total. The lowest BCUT2D eigenvalue weighted by molar-refractivity contribution is 0.0537. The van der Waals surface area contributed by atoms with Gasteiger partial charge in [0, 0.05) is 31.6 Å². The molecular weight excluding hydrogens is 410 g/mol. The molecule has 0 unspecified atom stereocenters. The maximum atomic E-state index is 12.6. The third kappa shape index (κ3) is 4.73. The molecule has 0 radical (unpaired) electrons. The summed E-state index contributed by atoms with van der Waals surface area (Å²) in [6, 6.07) is 3.44. The minimum Gasteiger partial charge on any atom is -0.464 e. The number of aromatic amines is 1. The number of halogens is 1. The van der Waals surface area contributed by atoms with E-state index in [0.29, 0.717) is 31.1 Å². The first-order valence-corrected chi connectivity index (χ1v) is 10.1. The summed E-state index contributed by atoms with van der Waals surface area (Å²) in [6.45, 7) is 4.98. The quantitative estimate of drug-likeness (QED) is 0.669. The molecule has 1 fully saturated rings. The Morgan fingerprint density at radius 2 is 2.10 bits per heavy atom. The summed E-state index contributed by atoms with van der Waals surface area (Å²) in [4.78, 5) is 37.9. The van der Waals surface area contributed by atoms with Crippen LogP contribution >= 0.6 is 11.6 Å². The number of hydrogen-bond acceptors (Lipinski definition) is 7. The molecule has 30 heavy (non-hydrogen) atoms. The van der Waals surface area contributed by atoms with Crippen molar-refractivity contribution in [1.29, 1.82) is 0 Å². The van der Waals surface area contributed by atoms with E-state index in [4.69, 9.17) is 21.1 Å². The smallest absolute Gasteiger partial charge is 0.356 e. The van der Waals surface area contributed by atoms with Gasteiger partial charge in [0.1, 0.15) is 0 Å². The number of nitrogens with one attached hydrogen (secondary N) is 2. The molecule has 9 nitrogen and oxygen atoms in total. The molecule has 0 spiro atoms. The Balaban J connectivity index is 1.71. The molecule has 0 saturated carbocycles. The van der Waals surface area contributed by atoms with Crippen LogP contribution in [-0.2, 0) is 15.9 Å². The van der Waals surface area contributed by atoms with Crippen LogP contribution in [0.15, 0.2) is 12.1 Å². The SMILES string of the molecule is CCc1[nH]c(C(=O)N[C@@H]2CCN(c3cc(C)nc(C(=O)OC)c3)C[C@@H]2OC)nc1Cl. The Bertz CT molecular complexity index is 932. The van der Waals surface area contributed by atoms with Crippen molar-refractivity contribution < 1.29 is 19.1 Å². The number of aryl methyl sites for hydroxylation is 2. The predicted molar refractivity (Wildman–Crippen MR) is 112 cm³/mol. The summed E-state index contributed by atoms with van der Waals surface area (Å²) < 4.78 is 10.4. The van der Waals surface area contributed by atoms with Gasteiger partial charge in [-0.3, -0.25) is 4.79 Å². The molecule has 3 rings (SSSR count). The van der Waals surface area contributed by atoms with Gasteiger partial charge in [0.2, 0.25) is 0 Å². The van der Waals surface area contributed by atoms with Crippen LogP contribution in [0, 0.1) is 6.92 Å². The van der Waals surface area contributed by atoms with Crippen LogP contribution in [0.4, 0.5) is 5.69 Å². The van der Waals surface area contributed by atoms with Gasteiger partial charge >= 0.3 is 5.97 Å². The number of anilines is 1. The van der Waals surface area contributed by atoms with Gasteiger partial charge in [-0.15, -0.1) is 0 Å². The highest BCUT2D eigenvalue weighted by atomic mass is 35.5. The number of ether oxygens (including phenoxy) is 2. The molecule has 162 valence electrons. The number of methoxy groups -OCH3 is 2. The Labute approximate surface area is 180 Å². The van der Waals surface area contributed by atoms with Gasteiger partial charge in [-0.05, 0) is 31.9 Å². The van der Waals surface area contributed by atoms with Crippen molar-refractivity contribution in [2.75, 3.05) is 32.2 Å². The molecule has 2 atom stereocenters. The number of aromatic nitrogens is 3. The fourth-order valence-electron chi connectivity index (χ4n) is 3.56. The Hall–Kier alpha value is -2.65. The number of imidazole rings is 1. The van der Waals surface area contributed by atoms with Crippen molar-refractivity contribution in [3.63, 3.8) is 0 Å². The highest BCUT2D eigenvalue weighted by Crippen LogP contribution is 2.24. The molecular formula is C20H26ClN5O4. The number of hydrogen-bond donors (Lipinski definition) is 2. The zero-order chi connectivity index (χ0) is 21.8. The maximum Gasteiger partial charge on any atom is 0.356 e. The lowest BCUT2D eigenvalue weighted by Gasteiger charge is -2.39. The van der Waals surface area contributed by atoms with Crippen LogP contribution in [0.25, 0.3) is 0 Å². The predicted octanol–water partition coefficient (Wildman–Crippen LogP) is 2.14. The molecule has 1 saturated heterocycles. The van der Waals surface area contributed by atoms with Crippen molar-refractivity contribution in [2.24, 2.45) is 0 Å². The molecule has 2 aromatic heterocycles. The summed E-state index contributed by atoms with van der Waals surface area (Å²) in [6.07, 6.45) is 1.08. The number of pyridine rings is 1. The lowest BCUT2D eigenvalue weighted by Crippen LogP contribution is -2.55. The average Bonchev–Trinajstić information content (AvgIpc) is 3.13. The van der Waals surface area contributed by atoms with E-state index in [-0.39, 0.29) is 29.6 Å². The standard InChI is InChI=1S/C20H26ClN5O4/c1-5-13-17(21)25-18(23-13)19(27)24-14-6-7-26(10-16(14)29-3)12-8-11(2)22-15(9-12)20(28)30-4/h8-9,14,16H,5-7,10H2,1-4H3,(H,23,25)(H,24,27)/t14-,16+/m1/s1. The molecule has 1 aliphatic rings. The highest BCUT2D eigenvalue weighted by molar-refractivity contribution is 6.30. The van der Waals surface area contributed by atoms with Gasteiger partial charge in [-0.1, -0.05) is 18.5 Å². The van der Waals surface area contributed by atoms with Crippen molar-refractivity contribution in [2.45, 2.75) is 38.8 Å². The van der Waals surface area contributed by atoms with Crippen molar-refractivity contribution in [1.82, 2.24) is 20.3 Å². The molecule has 2 aromatic rings. The number of carbonyl (C=O) groups is 2. The summed E-state index contributed by atoms with van der Waals surface area (Å²) in [5.41, 5.74) is 2.58. The fraction of sp³-hybridized carbons (Fsp3) is 0.500. The van der Waals surface area contributed by atoms with E-state index in [2.05, 4.69) is 25.2 Å². The first kappa shape index (κ1) is 22.0. The first-order chi connectivity index (χ1) is 14.4. The number of rotatable bonds is 6. The second kappa shape index (κ2) is 9.44. The number of piperidine rings is 1. The van der Waals surface area contributed by atoms with Gasteiger partial charge in [-0.25, -0.2) is 14.8 Å². The maximum absolute atomic E-state index is 12.6. The van der Waals surface area contributed by atoms with Gasteiger partial charge < -0.3 is 24.7 Å². The summed E-state index contributed by atoms with van der Waals surface area (Å²) in [5.74, 6) is -0.597. The summed E-state index contributed by atoms with van der Waals surface area (Å²) >= 11 is 6.04. The summed E-state index contributed by atoms with van der Waals surface area (Å²) in [5, 5.41) is 3.31. The largest absolute Gasteiger partial charge is 0.464 e. The Morgan fingerprint density at radius 3 is 2.73 bits per heavy atom. The lowest BCUT2D eigenvalue weighted by atomic mass is 10.0. The van der Waals surface area contributed by atoms with Crippen molar-refractivity contribution >= 4 is 29.2 Å². The molecule has 0 aliphatic carbocycles. The molecule has 1 amide bonds. The number of amides is 1. The highest BCUT2D eigenvalue weighted by Gasteiger charge is 2.32. The van der Waals surface area contributed by atoms with E-state index in [9.17, 15) is 9.59 Å². The van der Waals surface area contributed by atoms with Crippen LogP contribution < -0.4 is 10.2 Å². The Kier molecular flexibility index (Phi) is 6.94. The fourth-order valence-corrected chi connectivity index (χ4v) is 3.83. The third-order valence-corrected chi connectivity index (χ3v) is 5.49. The number of nitrogens with zero attached hydrogens (tertiary/aromatic N) is 3. The number of H-pyrrole nitrogens is 1. The molecule has 0 bridgehead atoms. The van der Waals surface area contributed by atoms with E-state index < -0.39 is 5.97 Å². The van der Waals surface area contributed by atoms with Crippen molar-refractivity contribution in [3.8, 4) is 0 Å². The monoisotopic (exact) mass is 435 g/mol. The van der Waals surface area contributed by atoms with Gasteiger partial charge in [0.25, 0.3) is 5.91 Å². The molecule has 1 aliphatic heterocycles. The topological polar surface area (TPSA) is 109 Å². The van der Waals surface area contributed by atoms with Crippen LogP contribution in [0.2, 0.25) is 5.15 Å². The average molecular weight is 436 g/mol. The van der Waals surface area contributed by atoms with Crippen molar-refractivity contribution in [3.05, 3.63) is 40.2 Å². The zero-order valence-electron chi connectivity index (χ0n) is 17.5. The minimum atomic E-state index is -0.478. The Morgan fingerprint density at radius 1 is 1.33 bits per heavy atom. The third-order valence-electron chi connectivity index (χ3n) is 5.17. The molecule has 0 aromatic carbocycles.